The van der Waals surface area contributed by atoms with Crippen LogP contribution < -0.4 is 0 Å². The van der Waals surface area contributed by atoms with Crippen LogP contribution in [-0.4, -0.2) is 11.1 Å². The van der Waals surface area contributed by atoms with Crippen molar-refractivity contribution in [3.8, 4) is 0 Å². The fourth-order valence-electron chi connectivity index (χ4n) is 4.63. The number of hydrogen-bond donors (Lipinski definition) is 1. The van der Waals surface area contributed by atoms with Gasteiger partial charge in [0.25, 0.3) is 0 Å². The maximum Gasteiger partial charge on any atom is 0.314 e. The molecule has 0 bridgehead atoms. The lowest BCUT2D eigenvalue weighted by molar-refractivity contribution is -0.145. The van der Waals surface area contributed by atoms with Crippen molar-refractivity contribution in [1.82, 2.24) is 0 Å². The monoisotopic (exact) mass is 300 g/mol. The van der Waals surface area contributed by atoms with Gasteiger partial charge in [0.2, 0.25) is 0 Å². The second kappa shape index (κ2) is 6.85. The van der Waals surface area contributed by atoms with Gasteiger partial charge in [-0.25, -0.2) is 0 Å². The van der Waals surface area contributed by atoms with E-state index in [4.69, 9.17) is 0 Å². The standard InChI is InChI=1S/C20H28O2/c21-19(22)20(14-8-3-9-15-20)18-13-7-6-12-17(18)16-10-4-1-2-5-11-16/h6-7,12-13,16H,1-5,8-11,14-15H2,(H,21,22). The highest BCUT2D eigenvalue weighted by molar-refractivity contribution is 5.82. The lowest BCUT2D eigenvalue weighted by Crippen LogP contribution is -2.39. The normalized spacial score (nSPS) is 22.9. The van der Waals surface area contributed by atoms with Gasteiger partial charge in [0.1, 0.15) is 0 Å². The summed E-state index contributed by atoms with van der Waals surface area (Å²) >= 11 is 0. The number of carboxylic acid groups (broad SMARTS) is 1. The summed E-state index contributed by atoms with van der Waals surface area (Å²) in [7, 11) is 0. The van der Waals surface area contributed by atoms with Crippen molar-refractivity contribution >= 4 is 5.97 Å². The predicted octanol–water partition coefficient (Wildman–Crippen LogP) is 5.41. The molecule has 1 aromatic rings. The molecule has 22 heavy (non-hydrogen) atoms. The van der Waals surface area contributed by atoms with E-state index in [1.807, 2.05) is 6.07 Å². The number of carbonyl (C=O) groups is 1. The Morgan fingerprint density at radius 3 is 2.14 bits per heavy atom. The van der Waals surface area contributed by atoms with Crippen LogP contribution in [0.25, 0.3) is 0 Å². The van der Waals surface area contributed by atoms with Crippen molar-refractivity contribution in [3.05, 3.63) is 35.4 Å². The van der Waals surface area contributed by atoms with Crippen LogP contribution in [0, 0.1) is 0 Å². The molecule has 0 heterocycles. The quantitative estimate of drug-likeness (QED) is 0.758. The van der Waals surface area contributed by atoms with E-state index < -0.39 is 11.4 Å². The van der Waals surface area contributed by atoms with Crippen molar-refractivity contribution in [2.24, 2.45) is 0 Å². The van der Waals surface area contributed by atoms with Gasteiger partial charge >= 0.3 is 5.97 Å². The topological polar surface area (TPSA) is 37.3 Å². The summed E-state index contributed by atoms with van der Waals surface area (Å²) in [6, 6.07) is 8.46. The molecule has 1 N–H and O–H groups in total. The summed E-state index contributed by atoms with van der Waals surface area (Å²) in [5.74, 6) is -0.0369. The van der Waals surface area contributed by atoms with E-state index >= 15 is 0 Å². The molecule has 0 unspecified atom stereocenters. The molecule has 2 aliphatic carbocycles. The molecule has 2 nitrogen and oxygen atoms in total. The molecule has 2 fully saturated rings. The van der Waals surface area contributed by atoms with Crippen molar-refractivity contribution < 1.29 is 9.90 Å². The zero-order valence-electron chi connectivity index (χ0n) is 13.5. The highest BCUT2D eigenvalue weighted by Gasteiger charge is 2.43. The lowest BCUT2D eigenvalue weighted by atomic mass is 9.66. The summed E-state index contributed by atoms with van der Waals surface area (Å²) in [5, 5.41) is 10.0. The Hall–Kier alpha value is -1.31. The van der Waals surface area contributed by atoms with Crippen LogP contribution in [0.1, 0.15) is 87.7 Å². The van der Waals surface area contributed by atoms with Crippen molar-refractivity contribution in [1.29, 1.82) is 0 Å². The summed E-state index contributed by atoms with van der Waals surface area (Å²) in [6.07, 6.45) is 12.6. The SMILES string of the molecule is O=C(O)C1(c2ccccc2C2CCCCCC2)CCCCC1. The smallest absolute Gasteiger partial charge is 0.314 e. The third-order valence-corrected chi connectivity index (χ3v) is 5.89. The van der Waals surface area contributed by atoms with Gasteiger partial charge < -0.3 is 5.11 Å². The maximum atomic E-state index is 12.2. The third kappa shape index (κ3) is 2.93. The Bertz CT molecular complexity index is 506. The molecule has 1 aromatic carbocycles. The Balaban J connectivity index is 2.00. The molecule has 2 saturated carbocycles. The zero-order chi connectivity index (χ0) is 15.4. The van der Waals surface area contributed by atoms with Gasteiger partial charge in [0.05, 0.1) is 5.41 Å². The maximum absolute atomic E-state index is 12.2. The molecule has 0 amide bonds. The van der Waals surface area contributed by atoms with Crippen molar-refractivity contribution in [2.75, 3.05) is 0 Å². The first-order valence-electron chi connectivity index (χ1n) is 9.07. The van der Waals surface area contributed by atoms with Gasteiger partial charge in [-0.2, -0.15) is 0 Å². The Morgan fingerprint density at radius 1 is 0.909 bits per heavy atom. The van der Waals surface area contributed by atoms with Gasteiger partial charge in [0, 0.05) is 0 Å². The van der Waals surface area contributed by atoms with Gasteiger partial charge in [-0.15, -0.1) is 0 Å². The van der Waals surface area contributed by atoms with Crippen molar-refractivity contribution in [3.63, 3.8) is 0 Å². The van der Waals surface area contributed by atoms with Crippen LogP contribution >= 0.6 is 0 Å². The lowest BCUT2D eigenvalue weighted by Gasteiger charge is -2.36. The van der Waals surface area contributed by atoms with Crippen LogP contribution in [0.5, 0.6) is 0 Å². The van der Waals surface area contributed by atoms with Crippen LogP contribution in [0.3, 0.4) is 0 Å². The second-order valence-electron chi connectivity index (χ2n) is 7.22. The van der Waals surface area contributed by atoms with E-state index in [2.05, 4.69) is 18.2 Å². The first-order valence-corrected chi connectivity index (χ1v) is 9.07. The van der Waals surface area contributed by atoms with Crippen LogP contribution in [0.2, 0.25) is 0 Å². The molecule has 0 saturated heterocycles. The van der Waals surface area contributed by atoms with E-state index in [1.54, 1.807) is 0 Å². The molecule has 0 aromatic heterocycles. The molecule has 120 valence electrons. The second-order valence-corrected chi connectivity index (χ2v) is 7.22. The molecule has 2 aliphatic rings. The minimum Gasteiger partial charge on any atom is -0.481 e. The summed E-state index contributed by atoms with van der Waals surface area (Å²) in [4.78, 5) is 12.2. The molecule has 0 spiro atoms. The number of hydrogen-bond acceptors (Lipinski definition) is 1. The van der Waals surface area contributed by atoms with E-state index in [9.17, 15) is 9.90 Å². The highest BCUT2D eigenvalue weighted by Crippen LogP contribution is 2.44. The molecule has 2 heteroatoms. The van der Waals surface area contributed by atoms with Gasteiger partial charge in [-0.1, -0.05) is 69.2 Å². The Kier molecular flexibility index (Phi) is 4.85. The molecular weight excluding hydrogens is 272 g/mol. The van der Waals surface area contributed by atoms with E-state index in [0.29, 0.717) is 5.92 Å². The molecule has 0 aliphatic heterocycles. The minimum absolute atomic E-state index is 0.567. The number of rotatable bonds is 3. The zero-order valence-corrected chi connectivity index (χ0v) is 13.5. The first kappa shape index (κ1) is 15.6. The average molecular weight is 300 g/mol. The summed E-state index contributed by atoms with van der Waals surface area (Å²) in [5.41, 5.74) is 1.85. The number of aliphatic carboxylic acids is 1. The molecular formula is C20H28O2. The highest BCUT2D eigenvalue weighted by atomic mass is 16.4. The third-order valence-electron chi connectivity index (χ3n) is 5.89. The number of carboxylic acids is 1. The van der Waals surface area contributed by atoms with E-state index in [1.165, 1.54) is 50.5 Å². The van der Waals surface area contributed by atoms with Crippen LogP contribution in [0.4, 0.5) is 0 Å². The fraction of sp³-hybridized carbons (Fsp3) is 0.650. The first-order chi connectivity index (χ1) is 10.7. The molecule has 0 atom stereocenters. The predicted molar refractivity (Wildman–Crippen MR) is 89.3 cm³/mol. The van der Waals surface area contributed by atoms with E-state index in [0.717, 1.165) is 31.2 Å². The van der Waals surface area contributed by atoms with Crippen LogP contribution in [0.15, 0.2) is 24.3 Å². The fourth-order valence-corrected chi connectivity index (χ4v) is 4.63. The summed E-state index contributed by atoms with van der Waals surface area (Å²) in [6.45, 7) is 0. The van der Waals surface area contributed by atoms with Gasteiger partial charge in [0.15, 0.2) is 0 Å². The summed E-state index contributed by atoms with van der Waals surface area (Å²) < 4.78 is 0. The molecule has 3 rings (SSSR count). The largest absolute Gasteiger partial charge is 0.481 e. The van der Waals surface area contributed by atoms with Crippen LogP contribution in [-0.2, 0) is 10.2 Å². The number of benzene rings is 1. The molecule has 0 radical (unpaired) electrons. The van der Waals surface area contributed by atoms with Gasteiger partial charge in [-0.3, -0.25) is 4.79 Å². The Morgan fingerprint density at radius 2 is 1.50 bits per heavy atom. The minimum atomic E-state index is -0.624. The van der Waals surface area contributed by atoms with E-state index in [-0.39, 0.29) is 0 Å². The Labute approximate surface area is 133 Å². The average Bonchev–Trinajstić information content (AvgIpc) is 2.84. The van der Waals surface area contributed by atoms with Crippen molar-refractivity contribution in [2.45, 2.75) is 82.0 Å². The van der Waals surface area contributed by atoms with Gasteiger partial charge in [-0.05, 0) is 42.7 Å².